The van der Waals surface area contributed by atoms with E-state index >= 15 is 0 Å². The number of amides is 1. The van der Waals surface area contributed by atoms with Crippen molar-refractivity contribution in [3.8, 4) is 11.1 Å². The Hall–Kier alpha value is -4.81. The Morgan fingerprint density at radius 1 is 0.978 bits per heavy atom. The van der Waals surface area contributed by atoms with E-state index in [2.05, 4.69) is 25.3 Å². The molecule has 0 aliphatic carbocycles. The first kappa shape index (κ1) is 30.2. The molecule has 2 aliphatic heterocycles. The topological polar surface area (TPSA) is 200 Å². The van der Waals surface area contributed by atoms with Crippen LogP contribution in [-0.2, 0) is 5.54 Å². The summed E-state index contributed by atoms with van der Waals surface area (Å²) in [5.74, 6) is -1.09. The van der Waals surface area contributed by atoms with Gasteiger partial charge in [-0.05, 0) is 38.7 Å². The van der Waals surface area contributed by atoms with Crippen molar-refractivity contribution in [1.82, 2.24) is 39.7 Å². The van der Waals surface area contributed by atoms with E-state index < -0.39 is 23.6 Å². The zero-order chi connectivity index (χ0) is 32.6. The number of pyridine rings is 1. The summed E-state index contributed by atoms with van der Waals surface area (Å²) in [5.41, 5.74) is 11.6. The van der Waals surface area contributed by atoms with Crippen LogP contribution >= 0.6 is 0 Å². The highest BCUT2D eigenvalue weighted by molar-refractivity contribution is 6.00. The van der Waals surface area contributed by atoms with Gasteiger partial charge >= 0.3 is 12.4 Å². The molecule has 0 aromatic carbocycles. The van der Waals surface area contributed by atoms with E-state index in [1.54, 1.807) is 4.90 Å². The number of nitrogens with zero attached hydrogens (tertiary/aromatic N) is 7. The summed E-state index contributed by atoms with van der Waals surface area (Å²) in [6.07, 6.45) is -7.43. The third kappa shape index (κ3) is 4.63. The van der Waals surface area contributed by atoms with E-state index in [1.165, 1.54) is 17.6 Å². The standard InChI is InChI=1S/C26H25F6N11O2/c1-10(44)17-18(12-6-13-3-4-14(7-12)42(13)22(45)20-39-23(34)41-40-20)38-21-15(9-37-43(21)19(17)33)11-2-5-16(36-8-11)24(35,25(27,28)29)26(30,31)32/h2,5,8-9,12-14H,3-4,6-7,33,35H2,1H3,(H3,34,39,40,41)/t12-,13-,14+. The first-order valence-corrected chi connectivity index (χ1v) is 13.6. The number of alkyl halides is 6. The molecule has 13 nitrogen and oxygen atoms in total. The van der Waals surface area contributed by atoms with Gasteiger partial charge in [0.05, 0.1) is 23.1 Å². The molecule has 0 spiro atoms. The van der Waals surface area contributed by atoms with E-state index in [1.807, 2.05) is 0 Å². The normalized spacial score (nSPS) is 20.6. The van der Waals surface area contributed by atoms with Crippen molar-refractivity contribution in [2.45, 2.75) is 68.5 Å². The zero-order valence-corrected chi connectivity index (χ0v) is 23.3. The molecule has 1 amide bonds. The second kappa shape index (κ2) is 10.1. The lowest BCUT2D eigenvalue weighted by Crippen LogP contribution is -2.61. The number of aromatic nitrogens is 7. The molecule has 45 heavy (non-hydrogen) atoms. The number of fused-ring (bicyclic) bond motifs is 3. The number of Topliss-reactive ketones (excluding diaryl/α,β-unsaturated/α-hetero) is 1. The van der Waals surface area contributed by atoms with Crippen molar-refractivity contribution >= 4 is 29.1 Å². The summed E-state index contributed by atoms with van der Waals surface area (Å²) in [6.45, 7) is 1.32. The monoisotopic (exact) mass is 637 g/mol. The molecule has 2 fully saturated rings. The number of carbonyl (C=O) groups excluding carboxylic acids is 2. The predicted octanol–water partition coefficient (Wildman–Crippen LogP) is 3.11. The van der Waals surface area contributed by atoms with Gasteiger partial charge in [0, 0.05) is 35.3 Å². The fourth-order valence-corrected chi connectivity index (χ4v) is 6.36. The van der Waals surface area contributed by atoms with Gasteiger partial charge in [0.1, 0.15) is 5.82 Å². The van der Waals surface area contributed by atoms with E-state index in [0.29, 0.717) is 37.4 Å². The van der Waals surface area contributed by atoms with Crippen LogP contribution in [0.1, 0.15) is 70.9 Å². The smallest absolute Gasteiger partial charge is 0.383 e. The minimum atomic E-state index is -5.88. The number of hydrogen-bond acceptors (Lipinski definition) is 10. The first-order valence-electron chi connectivity index (χ1n) is 13.6. The molecule has 2 saturated heterocycles. The van der Waals surface area contributed by atoms with Crippen LogP contribution in [0.5, 0.6) is 0 Å². The number of nitrogens with two attached hydrogens (primary N) is 3. The molecule has 6 heterocycles. The average molecular weight is 638 g/mol. The minimum absolute atomic E-state index is 0.00386. The number of piperidine rings is 1. The lowest BCUT2D eigenvalue weighted by molar-refractivity contribution is -0.303. The van der Waals surface area contributed by atoms with E-state index in [-0.39, 0.29) is 69.6 Å². The van der Waals surface area contributed by atoms with Gasteiger partial charge < -0.3 is 27.1 Å². The van der Waals surface area contributed by atoms with Crippen LogP contribution < -0.4 is 17.2 Å². The van der Waals surface area contributed by atoms with E-state index in [4.69, 9.17) is 22.2 Å². The zero-order valence-electron chi connectivity index (χ0n) is 23.3. The van der Waals surface area contributed by atoms with Crippen LogP contribution in [0, 0.1) is 0 Å². The Morgan fingerprint density at radius 3 is 2.13 bits per heavy atom. The summed E-state index contributed by atoms with van der Waals surface area (Å²) in [5, 5.41) is 11.6. The van der Waals surface area contributed by atoms with Crippen LogP contribution in [0.2, 0.25) is 0 Å². The second-order valence-electron chi connectivity index (χ2n) is 11.2. The Balaban J connectivity index is 1.38. The van der Waals surface area contributed by atoms with Gasteiger partial charge in [-0.25, -0.2) is 4.98 Å². The highest BCUT2D eigenvalue weighted by Crippen LogP contribution is 2.48. The van der Waals surface area contributed by atoms with E-state index in [9.17, 15) is 35.9 Å². The fourth-order valence-electron chi connectivity index (χ4n) is 6.36. The molecule has 7 N–H and O–H groups in total. The Morgan fingerprint density at radius 2 is 1.62 bits per heavy atom. The van der Waals surface area contributed by atoms with E-state index in [0.717, 1.165) is 12.3 Å². The van der Waals surface area contributed by atoms with Crippen LogP contribution in [0.4, 0.5) is 38.1 Å². The van der Waals surface area contributed by atoms with Crippen molar-refractivity contribution < 1.29 is 35.9 Å². The highest BCUT2D eigenvalue weighted by atomic mass is 19.4. The SMILES string of the molecule is CC(=O)c1c([C@@H]2C[C@H]3CC[C@@H](C2)N3C(=O)c2nnc(N)[nH]2)nc2c(-c3ccc(C(N)(C(F)(F)F)C(F)(F)F)nc3)cnn2c1N. The number of hydrogen-bond donors (Lipinski definition) is 4. The Bertz CT molecular complexity index is 1790. The van der Waals surface area contributed by atoms with Crippen LogP contribution in [0.15, 0.2) is 24.5 Å². The number of H-pyrrole nitrogens is 1. The molecule has 0 radical (unpaired) electrons. The molecule has 4 aromatic rings. The van der Waals surface area contributed by atoms with Crippen LogP contribution in [-0.4, -0.2) is 75.8 Å². The molecule has 238 valence electrons. The maximum Gasteiger partial charge on any atom is 0.421 e. The van der Waals surface area contributed by atoms with Gasteiger partial charge in [-0.2, -0.15) is 36.0 Å². The molecular weight excluding hydrogens is 612 g/mol. The third-order valence-electron chi connectivity index (χ3n) is 8.50. The molecular formula is C26H25F6N11O2. The maximum atomic E-state index is 13.5. The maximum absolute atomic E-state index is 13.5. The molecule has 6 rings (SSSR count). The van der Waals surface area contributed by atoms with Crippen molar-refractivity contribution in [3.05, 3.63) is 47.3 Å². The number of nitrogen functional groups attached to an aromatic ring is 2. The van der Waals surface area contributed by atoms with Gasteiger partial charge in [-0.15, -0.1) is 10.2 Å². The van der Waals surface area contributed by atoms with Crippen LogP contribution in [0.3, 0.4) is 0 Å². The predicted molar refractivity (Wildman–Crippen MR) is 144 cm³/mol. The lowest BCUT2D eigenvalue weighted by atomic mass is 9.85. The van der Waals surface area contributed by atoms with Crippen molar-refractivity contribution in [2.24, 2.45) is 5.73 Å². The van der Waals surface area contributed by atoms with Gasteiger partial charge in [-0.3, -0.25) is 14.6 Å². The molecule has 19 heteroatoms. The summed E-state index contributed by atoms with van der Waals surface area (Å²) in [4.78, 5) is 38.5. The highest BCUT2D eigenvalue weighted by Gasteiger charge is 2.70. The largest absolute Gasteiger partial charge is 0.421 e. The van der Waals surface area contributed by atoms with Gasteiger partial charge in [0.25, 0.3) is 11.4 Å². The second-order valence-corrected chi connectivity index (χ2v) is 11.2. The van der Waals surface area contributed by atoms with Crippen molar-refractivity contribution in [2.75, 3.05) is 11.5 Å². The van der Waals surface area contributed by atoms with Crippen molar-refractivity contribution in [3.63, 3.8) is 0 Å². The Labute approximate surface area is 249 Å². The number of anilines is 2. The molecule has 2 aliphatic rings. The number of rotatable bonds is 5. The number of aromatic amines is 1. The summed E-state index contributed by atoms with van der Waals surface area (Å²) in [7, 11) is 0. The molecule has 0 saturated carbocycles. The average Bonchev–Trinajstić information content (AvgIpc) is 3.66. The summed E-state index contributed by atoms with van der Waals surface area (Å²) in [6, 6.07) is 1.11. The molecule has 3 atom stereocenters. The molecule has 4 aromatic heterocycles. The minimum Gasteiger partial charge on any atom is -0.383 e. The number of nitrogens with one attached hydrogen (secondary N) is 1. The van der Waals surface area contributed by atoms with Gasteiger partial charge in [0.15, 0.2) is 11.4 Å². The fraction of sp³-hybridized carbons (Fsp3) is 0.423. The van der Waals surface area contributed by atoms with Crippen molar-refractivity contribution in [1.29, 1.82) is 0 Å². The lowest BCUT2D eigenvalue weighted by Gasteiger charge is -2.38. The molecule has 2 bridgehead atoms. The summed E-state index contributed by atoms with van der Waals surface area (Å²) < 4.78 is 82.0. The molecule has 0 unspecified atom stereocenters. The third-order valence-corrected chi connectivity index (χ3v) is 8.50. The number of ketones is 1. The Kier molecular flexibility index (Phi) is 6.79. The number of halogens is 6. The quantitative estimate of drug-likeness (QED) is 0.186. The van der Waals surface area contributed by atoms with Gasteiger partial charge in [0.2, 0.25) is 11.8 Å². The summed E-state index contributed by atoms with van der Waals surface area (Å²) >= 11 is 0. The van der Waals surface area contributed by atoms with Gasteiger partial charge in [-0.1, -0.05) is 6.07 Å². The van der Waals surface area contributed by atoms with Crippen LogP contribution in [0.25, 0.3) is 16.8 Å². The first-order chi connectivity index (χ1) is 21.0. The number of carbonyl (C=O) groups is 2.